The number of nitrogens with zero attached hydrogens (tertiary/aromatic N) is 1. The van der Waals surface area contributed by atoms with E-state index in [1.807, 2.05) is 0 Å². The zero-order valence-corrected chi connectivity index (χ0v) is 6.69. The van der Waals surface area contributed by atoms with Crippen LogP contribution < -0.4 is 0 Å². The van der Waals surface area contributed by atoms with Gasteiger partial charge in [0.1, 0.15) is 0 Å². The van der Waals surface area contributed by atoms with E-state index in [2.05, 4.69) is 0 Å². The van der Waals surface area contributed by atoms with E-state index in [-0.39, 0.29) is 0 Å². The molecule has 5 heteroatoms. The van der Waals surface area contributed by atoms with Crippen LogP contribution in [0.3, 0.4) is 0 Å². The maximum Gasteiger partial charge on any atom is 0.198 e. The molecule has 0 fully saturated rings. The number of hydrogen-bond acceptors (Lipinski definition) is 1. The molecule has 0 bridgehead atoms. The molecule has 0 unspecified atom stereocenters. The van der Waals surface area contributed by atoms with Crippen LogP contribution in [0.1, 0.15) is 5.56 Å². The first kappa shape index (κ1) is 10.3. The first-order valence-corrected chi connectivity index (χ1v) is 3.47. The molecule has 0 N–H and O–H groups in total. The Morgan fingerprint density at radius 3 is 2.29 bits per heavy atom. The van der Waals surface area contributed by atoms with Crippen LogP contribution in [0.25, 0.3) is 6.08 Å². The molecule has 1 nitrogen and oxygen atoms in total. The molecule has 0 amide bonds. The molecule has 0 aromatic heterocycles. The van der Waals surface area contributed by atoms with Crippen molar-refractivity contribution in [3.63, 3.8) is 0 Å². The predicted molar refractivity (Wildman–Crippen MR) is 40.9 cm³/mol. The number of allylic oxidation sites excluding steroid dienone is 1. The molecule has 1 aromatic carbocycles. The monoisotopic (exact) mass is 201 g/mol. The van der Waals surface area contributed by atoms with E-state index in [1.54, 1.807) is 0 Å². The minimum Gasteiger partial charge on any atom is -0.204 e. The molecule has 0 saturated carbocycles. The average Bonchev–Trinajstić information content (AvgIpc) is 2.18. The van der Waals surface area contributed by atoms with Crippen molar-refractivity contribution >= 4 is 6.08 Å². The van der Waals surface area contributed by atoms with Crippen LogP contribution in [0.15, 0.2) is 12.1 Å². The Bertz CT molecular complexity index is 431. The summed E-state index contributed by atoms with van der Waals surface area (Å²) >= 11 is 0. The van der Waals surface area contributed by atoms with Gasteiger partial charge in [-0.15, -0.1) is 0 Å². The Hall–Kier alpha value is -1.83. The highest BCUT2D eigenvalue weighted by Gasteiger charge is 2.16. The number of nitriles is 1. The second kappa shape index (κ2) is 3.92. The fourth-order valence-corrected chi connectivity index (χ4v) is 0.839. The van der Waals surface area contributed by atoms with Crippen LogP contribution >= 0.6 is 0 Å². The molecule has 0 aliphatic carbocycles. The zero-order valence-electron chi connectivity index (χ0n) is 6.69. The van der Waals surface area contributed by atoms with Crippen LogP contribution in [0, 0.1) is 34.6 Å². The molecule has 0 saturated heterocycles. The minimum atomic E-state index is -1.89. The second-order valence-corrected chi connectivity index (χ2v) is 2.35. The van der Waals surface area contributed by atoms with Crippen molar-refractivity contribution in [2.75, 3.05) is 0 Å². The van der Waals surface area contributed by atoms with Crippen molar-refractivity contribution in [2.45, 2.75) is 0 Å². The quantitative estimate of drug-likeness (QED) is 0.296. The van der Waals surface area contributed by atoms with Crippen molar-refractivity contribution in [3.05, 3.63) is 41.0 Å². The molecule has 0 aliphatic rings. The molecular formula is C9H3F4N. The topological polar surface area (TPSA) is 23.8 Å². The average molecular weight is 201 g/mol. The third kappa shape index (κ3) is 1.74. The van der Waals surface area contributed by atoms with Gasteiger partial charge in [0, 0.05) is 11.6 Å². The minimum absolute atomic E-state index is 0.474. The third-order valence-corrected chi connectivity index (χ3v) is 1.47. The van der Waals surface area contributed by atoms with Crippen molar-refractivity contribution in [2.24, 2.45) is 0 Å². The molecule has 0 aliphatic heterocycles. The number of hydrogen-bond donors (Lipinski definition) is 0. The first-order chi connectivity index (χ1) is 6.57. The number of halogens is 4. The van der Waals surface area contributed by atoms with Gasteiger partial charge in [0.05, 0.1) is 6.07 Å². The van der Waals surface area contributed by atoms with E-state index in [1.165, 1.54) is 6.07 Å². The molecule has 72 valence electrons. The fourth-order valence-electron chi connectivity index (χ4n) is 0.839. The van der Waals surface area contributed by atoms with Crippen LogP contribution in [-0.2, 0) is 0 Å². The van der Waals surface area contributed by atoms with Crippen molar-refractivity contribution in [3.8, 4) is 6.07 Å². The van der Waals surface area contributed by atoms with E-state index in [4.69, 9.17) is 5.26 Å². The summed E-state index contributed by atoms with van der Waals surface area (Å²) in [6.07, 6.45) is 1.68. The molecule has 0 atom stereocenters. The van der Waals surface area contributed by atoms with E-state index in [9.17, 15) is 17.6 Å². The molecule has 1 rings (SSSR count). The van der Waals surface area contributed by atoms with Gasteiger partial charge in [-0.2, -0.15) is 5.26 Å². The summed E-state index contributed by atoms with van der Waals surface area (Å²) < 4.78 is 50.4. The molecule has 1 aromatic rings. The van der Waals surface area contributed by atoms with Gasteiger partial charge in [0.2, 0.25) is 0 Å². The van der Waals surface area contributed by atoms with Gasteiger partial charge in [-0.05, 0) is 12.1 Å². The third-order valence-electron chi connectivity index (χ3n) is 1.47. The van der Waals surface area contributed by atoms with Crippen LogP contribution in [0.2, 0.25) is 0 Å². The van der Waals surface area contributed by atoms with Crippen LogP contribution in [0.4, 0.5) is 17.6 Å². The molecule has 14 heavy (non-hydrogen) atoms. The summed E-state index contributed by atoms with van der Waals surface area (Å²) in [7, 11) is 0. The van der Waals surface area contributed by atoms with E-state index in [0.29, 0.717) is 6.07 Å². The lowest BCUT2D eigenvalue weighted by atomic mass is 10.2. The second-order valence-electron chi connectivity index (χ2n) is 2.35. The highest BCUT2D eigenvalue weighted by atomic mass is 19.2. The summed E-state index contributed by atoms with van der Waals surface area (Å²) in [6, 6.07) is 1.98. The van der Waals surface area contributed by atoms with Gasteiger partial charge in [-0.1, -0.05) is 0 Å². The lowest BCUT2D eigenvalue weighted by Gasteiger charge is -2.00. The fraction of sp³-hybridized carbons (Fsp3) is 0. The zero-order chi connectivity index (χ0) is 10.7. The molecule has 0 spiro atoms. The van der Waals surface area contributed by atoms with Gasteiger partial charge in [0.15, 0.2) is 23.3 Å². The lowest BCUT2D eigenvalue weighted by Crippen LogP contribution is -1.97. The normalized spacial score (nSPS) is 10.5. The van der Waals surface area contributed by atoms with Crippen molar-refractivity contribution < 1.29 is 17.6 Å². The van der Waals surface area contributed by atoms with E-state index >= 15 is 0 Å². The lowest BCUT2D eigenvalue weighted by molar-refractivity contribution is 0.408. The smallest absolute Gasteiger partial charge is 0.198 e. The van der Waals surface area contributed by atoms with Crippen molar-refractivity contribution in [1.29, 1.82) is 5.26 Å². The van der Waals surface area contributed by atoms with Crippen molar-refractivity contribution in [1.82, 2.24) is 0 Å². The SMILES string of the molecule is N#CC=Cc1cc(F)c(F)c(F)c1F. The van der Waals surface area contributed by atoms with Gasteiger partial charge < -0.3 is 0 Å². The molecular weight excluding hydrogens is 198 g/mol. The van der Waals surface area contributed by atoms with Gasteiger partial charge in [-0.3, -0.25) is 0 Å². The Kier molecular flexibility index (Phi) is 2.87. The summed E-state index contributed by atoms with van der Waals surface area (Å²) in [5.41, 5.74) is -0.511. The van der Waals surface area contributed by atoms with Crippen LogP contribution in [0.5, 0.6) is 0 Å². The number of rotatable bonds is 1. The predicted octanol–water partition coefficient (Wildman–Crippen LogP) is 2.78. The Morgan fingerprint density at radius 2 is 1.71 bits per heavy atom. The van der Waals surface area contributed by atoms with E-state index < -0.39 is 28.8 Å². The maximum atomic E-state index is 12.8. The Balaban J connectivity index is 3.35. The van der Waals surface area contributed by atoms with Crippen LogP contribution in [-0.4, -0.2) is 0 Å². The standard InChI is InChI=1S/C9H3F4N/c10-6-4-5(2-1-3-14)7(11)9(13)8(6)12/h1-2,4H. The summed E-state index contributed by atoms with van der Waals surface area (Å²) in [5, 5.41) is 8.09. The summed E-state index contributed by atoms with van der Waals surface area (Å²) in [6.45, 7) is 0. The maximum absolute atomic E-state index is 12.8. The highest BCUT2D eigenvalue weighted by Crippen LogP contribution is 2.19. The van der Waals surface area contributed by atoms with Gasteiger partial charge >= 0.3 is 0 Å². The molecule has 0 heterocycles. The summed E-state index contributed by atoms with van der Waals surface area (Å²) in [4.78, 5) is 0. The largest absolute Gasteiger partial charge is 0.204 e. The van der Waals surface area contributed by atoms with E-state index in [0.717, 1.165) is 12.2 Å². The Labute approximate surface area is 76.9 Å². The van der Waals surface area contributed by atoms with Gasteiger partial charge in [-0.25, -0.2) is 17.6 Å². The first-order valence-electron chi connectivity index (χ1n) is 3.47. The van der Waals surface area contributed by atoms with Gasteiger partial charge in [0.25, 0.3) is 0 Å². The Morgan fingerprint density at radius 1 is 1.07 bits per heavy atom. The number of benzene rings is 1. The highest BCUT2D eigenvalue weighted by molar-refractivity contribution is 5.52. The summed E-state index contributed by atoms with van der Waals surface area (Å²) in [5.74, 6) is -6.77. The molecule has 0 radical (unpaired) electrons.